The molecule has 0 aliphatic rings. The molecule has 0 radical (unpaired) electrons. The zero-order valence-electron chi connectivity index (χ0n) is 12.5. The molecule has 0 fully saturated rings. The largest absolute Gasteiger partial charge is 0.370 e. The molecular weight excluding hydrogens is 329 g/mol. The summed E-state index contributed by atoms with van der Waals surface area (Å²) in [6, 6.07) is 14.8. The highest BCUT2D eigenvalue weighted by atomic mass is 35.5. The summed E-state index contributed by atoms with van der Waals surface area (Å²) in [5.41, 5.74) is 11.8. The summed E-state index contributed by atoms with van der Waals surface area (Å²) in [5, 5.41) is 1.99. The summed E-state index contributed by atoms with van der Waals surface area (Å²) < 4.78 is 14.2. The molecule has 4 N–H and O–H groups in total. The van der Waals surface area contributed by atoms with E-state index in [4.69, 9.17) is 23.1 Å². The molecule has 0 heterocycles. The molecule has 0 atom stereocenters. The van der Waals surface area contributed by atoms with Crippen LogP contribution in [0.4, 0.5) is 4.39 Å². The number of carbonyl (C=O) groups is 1. The Morgan fingerprint density at radius 2 is 1.79 bits per heavy atom. The Balaban J connectivity index is 2.24. The van der Waals surface area contributed by atoms with E-state index in [0.29, 0.717) is 27.1 Å². The number of benzene rings is 3. The lowest BCUT2D eigenvalue weighted by Gasteiger charge is -2.09. The van der Waals surface area contributed by atoms with Crippen molar-refractivity contribution in [1.29, 1.82) is 0 Å². The summed E-state index contributed by atoms with van der Waals surface area (Å²) in [7, 11) is 0. The minimum absolute atomic E-state index is 0.311. The number of fused-ring (bicyclic) bond motifs is 1. The fourth-order valence-corrected chi connectivity index (χ4v) is 2.70. The van der Waals surface area contributed by atoms with Crippen molar-refractivity contribution < 1.29 is 9.18 Å². The predicted molar refractivity (Wildman–Crippen MR) is 94.5 cm³/mol. The first-order valence-electron chi connectivity index (χ1n) is 7.08. The van der Waals surface area contributed by atoms with Gasteiger partial charge in [-0.15, -0.1) is 0 Å². The Hall–Kier alpha value is -2.92. The summed E-state index contributed by atoms with van der Waals surface area (Å²) >= 11 is 5.99. The van der Waals surface area contributed by atoms with Crippen molar-refractivity contribution in [3.8, 4) is 11.1 Å². The zero-order chi connectivity index (χ0) is 17.3. The van der Waals surface area contributed by atoms with Crippen LogP contribution in [0.15, 0.2) is 59.6 Å². The Morgan fingerprint density at radius 1 is 1.00 bits per heavy atom. The maximum Gasteiger partial charge on any atom is 0.280 e. The number of carbonyl (C=O) groups excluding carboxylic acids is 1. The molecule has 3 rings (SSSR count). The molecule has 24 heavy (non-hydrogen) atoms. The van der Waals surface area contributed by atoms with Crippen LogP contribution in [-0.2, 0) is 0 Å². The molecule has 0 bridgehead atoms. The third-order valence-electron chi connectivity index (χ3n) is 3.58. The van der Waals surface area contributed by atoms with Crippen molar-refractivity contribution >= 4 is 34.2 Å². The molecular formula is C18H13ClFN3O. The van der Waals surface area contributed by atoms with E-state index in [1.165, 1.54) is 12.1 Å². The molecule has 0 unspecified atom stereocenters. The highest BCUT2D eigenvalue weighted by Crippen LogP contribution is 2.32. The van der Waals surface area contributed by atoms with Gasteiger partial charge in [0.15, 0.2) is 5.96 Å². The van der Waals surface area contributed by atoms with Crippen molar-refractivity contribution in [2.45, 2.75) is 0 Å². The standard InChI is InChI=1S/C18H13ClFN3O/c19-12-6-7-16(20)15(9-12)13-3-1-2-10-4-5-11(8-14(10)13)17(24)23-18(21)22/h1-9H,(H4,21,22,23,24). The molecule has 4 nitrogen and oxygen atoms in total. The molecule has 120 valence electrons. The molecule has 3 aromatic rings. The summed E-state index contributed by atoms with van der Waals surface area (Å²) in [5.74, 6) is -1.26. The number of nitrogens with zero attached hydrogens (tertiary/aromatic N) is 1. The Labute approximate surface area is 142 Å². The van der Waals surface area contributed by atoms with Crippen LogP contribution in [0, 0.1) is 5.82 Å². The predicted octanol–water partition coefficient (Wildman–Crippen LogP) is 3.71. The normalized spacial score (nSPS) is 10.6. The van der Waals surface area contributed by atoms with Crippen LogP contribution in [0.1, 0.15) is 10.4 Å². The van der Waals surface area contributed by atoms with E-state index in [2.05, 4.69) is 4.99 Å². The van der Waals surface area contributed by atoms with Crippen molar-refractivity contribution in [2.24, 2.45) is 16.5 Å². The maximum absolute atomic E-state index is 14.2. The van der Waals surface area contributed by atoms with Crippen LogP contribution in [0.2, 0.25) is 5.02 Å². The first-order valence-corrected chi connectivity index (χ1v) is 7.45. The number of aliphatic imine (C=N–C) groups is 1. The van der Waals surface area contributed by atoms with Gasteiger partial charge in [-0.3, -0.25) is 4.79 Å². The summed E-state index contributed by atoms with van der Waals surface area (Å²) in [6.07, 6.45) is 0. The molecule has 0 aliphatic heterocycles. The van der Waals surface area contributed by atoms with Gasteiger partial charge < -0.3 is 11.5 Å². The minimum atomic E-state index is -0.557. The van der Waals surface area contributed by atoms with Crippen LogP contribution >= 0.6 is 11.6 Å². The van der Waals surface area contributed by atoms with Gasteiger partial charge in [0.25, 0.3) is 5.91 Å². The van der Waals surface area contributed by atoms with Crippen molar-refractivity contribution in [1.82, 2.24) is 0 Å². The van der Waals surface area contributed by atoms with Gasteiger partial charge >= 0.3 is 0 Å². The second kappa shape index (κ2) is 6.29. The molecule has 0 saturated heterocycles. The maximum atomic E-state index is 14.2. The van der Waals surface area contributed by atoms with Gasteiger partial charge in [-0.1, -0.05) is 35.9 Å². The SMILES string of the molecule is NC(N)=NC(=O)c1ccc2cccc(-c3cc(Cl)ccc3F)c2c1. The number of guanidine groups is 1. The van der Waals surface area contributed by atoms with Gasteiger partial charge in [0.1, 0.15) is 5.82 Å². The topological polar surface area (TPSA) is 81.5 Å². The average molecular weight is 342 g/mol. The minimum Gasteiger partial charge on any atom is -0.370 e. The highest BCUT2D eigenvalue weighted by Gasteiger charge is 2.12. The van der Waals surface area contributed by atoms with E-state index >= 15 is 0 Å². The fourth-order valence-electron chi connectivity index (χ4n) is 2.53. The van der Waals surface area contributed by atoms with E-state index in [1.807, 2.05) is 12.1 Å². The summed E-state index contributed by atoms with van der Waals surface area (Å²) in [6.45, 7) is 0. The molecule has 0 aromatic heterocycles. The Kier molecular flexibility index (Phi) is 4.18. The number of rotatable bonds is 2. The van der Waals surface area contributed by atoms with E-state index in [0.717, 1.165) is 5.39 Å². The quantitative estimate of drug-likeness (QED) is 0.550. The monoisotopic (exact) mass is 341 g/mol. The lowest BCUT2D eigenvalue weighted by molar-refractivity contribution is 0.100. The van der Waals surface area contributed by atoms with Gasteiger partial charge in [0.2, 0.25) is 0 Å². The van der Waals surface area contributed by atoms with Crippen molar-refractivity contribution in [3.05, 3.63) is 71.0 Å². The van der Waals surface area contributed by atoms with Crippen molar-refractivity contribution in [3.63, 3.8) is 0 Å². The number of amides is 1. The molecule has 0 saturated carbocycles. The number of hydrogen-bond acceptors (Lipinski definition) is 1. The van der Waals surface area contributed by atoms with E-state index in [9.17, 15) is 9.18 Å². The highest BCUT2D eigenvalue weighted by molar-refractivity contribution is 6.31. The lowest BCUT2D eigenvalue weighted by atomic mass is 9.96. The van der Waals surface area contributed by atoms with Crippen LogP contribution in [0.5, 0.6) is 0 Å². The van der Waals surface area contributed by atoms with Crippen LogP contribution in [0.25, 0.3) is 21.9 Å². The third kappa shape index (κ3) is 3.07. The van der Waals surface area contributed by atoms with Crippen LogP contribution in [0.3, 0.4) is 0 Å². The van der Waals surface area contributed by atoms with Gasteiger partial charge in [0.05, 0.1) is 0 Å². The second-order valence-corrected chi connectivity index (χ2v) is 5.64. The summed E-state index contributed by atoms with van der Waals surface area (Å²) in [4.78, 5) is 15.6. The lowest BCUT2D eigenvalue weighted by Crippen LogP contribution is -2.24. The smallest absolute Gasteiger partial charge is 0.280 e. The van der Waals surface area contributed by atoms with Gasteiger partial charge in [-0.05, 0) is 46.7 Å². The fraction of sp³-hybridized carbons (Fsp3) is 0. The zero-order valence-corrected chi connectivity index (χ0v) is 13.2. The third-order valence-corrected chi connectivity index (χ3v) is 3.81. The van der Waals surface area contributed by atoms with E-state index in [-0.39, 0.29) is 5.96 Å². The molecule has 3 aromatic carbocycles. The molecule has 0 aliphatic carbocycles. The number of halogens is 2. The van der Waals surface area contributed by atoms with Crippen LogP contribution < -0.4 is 11.5 Å². The number of nitrogens with two attached hydrogens (primary N) is 2. The average Bonchev–Trinajstić information content (AvgIpc) is 2.55. The van der Waals surface area contributed by atoms with Crippen LogP contribution in [-0.4, -0.2) is 11.9 Å². The first-order chi connectivity index (χ1) is 11.5. The molecule has 6 heteroatoms. The van der Waals surface area contributed by atoms with Gasteiger partial charge in [-0.25, -0.2) is 4.39 Å². The van der Waals surface area contributed by atoms with E-state index in [1.54, 1.807) is 30.3 Å². The van der Waals surface area contributed by atoms with Gasteiger partial charge in [-0.2, -0.15) is 4.99 Å². The van der Waals surface area contributed by atoms with Gasteiger partial charge in [0, 0.05) is 16.1 Å². The van der Waals surface area contributed by atoms with Crippen molar-refractivity contribution in [2.75, 3.05) is 0 Å². The first kappa shape index (κ1) is 16.0. The second-order valence-electron chi connectivity index (χ2n) is 5.21. The van der Waals surface area contributed by atoms with E-state index < -0.39 is 11.7 Å². The Bertz CT molecular complexity index is 981. The molecule has 1 amide bonds. The number of hydrogen-bond donors (Lipinski definition) is 2. The Morgan fingerprint density at radius 3 is 2.54 bits per heavy atom. The molecule has 0 spiro atoms.